The first-order chi connectivity index (χ1) is 27.5. The van der Waals surface area contributed by atoms with Gasteiger partial charge < -0.3 is 19.8 Å². The van der Waals surface area contributed by atoms with E-state index >= 15 is 0 Å². The van der Waals surface area contributed by atoms with Crippen molar-refractivity contribution in [3.8, 4) is 0 Å². The van der Waals surface area contributed by atoms with Crippen LogP contribution in [0.15, 0.2) is 24.3 Å². The van der Waals surface area contributed by atoms with E-state index in [0.717, 1.165) is 44.9 Å². The summed E-state index contributed by atoms with van der Waals surface area (Å²) in [5.41, 5.74) is 0. The molecule has 0 heterocycles. The molecule has 338 valence electrons. The largest absolute Gasteiger partial charge is 0.472 e. The van der Waals surface area contributed by atoms with Crippen molar-refractivity contribution >= 4 is 13.7 Å². The quantitative estimate of drug-likeness (QED) is 0.0244. The van der Waals surface area contributed by atoms with Gasteiger partial charge in [0.1, 0.15) is 13.2 Å². The lowest BCUT2D eigenvalue weighted by atomic mass is 10.0. The molecule has 0 saturated heterocycles. The van der Waals surface area contributed by atoms with Gasteiger partial charge in [0.25, 0.3) is 0 Å². The summed E-state index contributed by atoms with van der Waals surface area (Å²) in [7, 11) is 1.62. The SMILES string of the molecule is CCCCCCC/C=C\C/C=C\CCCCCCCCCCCCCCCCCC(=O)NC(COP(=O)(O)OCC[N+](C)(C)C)C(O)CCCCCCCCCC. The molecular weight excluding hydrogens is 732 g/mol. The highest BCUT2D eigenvalue weighted by molar-refractivity contribution is 7.47. The summed E-state index contributed by atoms with van der Waals surface area (Å²) >= 11 is 0. The van der Waals surface area contributed by atoms with E-state index < -0.39 is 20.0 Å². The molecule has 3 atom stereocenters. The van der Waals surface area contributed by atoms with Gasteiger partial charge in [-0.25, -0.2) is 4.57 Å². The lowest BCUT2D eigenvalue weighted by Crippen LogP contribution is -2.46. The van der Waals surface area contributed by atoms with E-state index in [1.54, 1.807) is 0 Å². The van der Waals surface area contributed by atoms with Gasteiger partial charge in [-0.05, 0) is 44.9 Å². The lowest BCUT2D eigenvalue weighted by Gasteiger charge is -2.26. The summed E-state index contributed by atoms with van der Waals surface area (Å²) in [5, 5.41) is 13.9. The Bertz CT molecular complexity index is 984. The number of carbonyl (C=O) groups excluding carboxylic acids is 1. The second-order valence-corrected chi connectivity index (χ2v) is 19.3. The van der Waals surface area contributed by atoms with Crippen molar-refractivity contribution in [2.45, 2.75) is 238 Å². The molecule has 0 aliphatic carbocycles. The van der Waals surface area contributed by atoms with Crippen LogP contribution in [0, 0.1) is 0 Å². The Labute approximate surface area is 354 Å². The first-order valence-corrected chi connectivity index (χ1v) is 25.7. The second kappa shape index (κ2) is 40.4. The summed E-state index contributed by atoms with van der Waals surface area (Å²) < 4.78 is 23.6. The molecule has 9 heteroatoms. The number of allylic oxidation sites excluding steroid dienone is 4. The number of phosphoric ester groups is 1. The number of aliphatic hydroxyl groups excluding tert-OH is 1. The summed E-state index contributed by atoms with van der Waals surface area (Å²) in [5.74, 6) is -0.146. The van der Waals surface area contributed by atoms with Crippen LogP contribution in [0.3, 0.4) is 0 Å². The lowest BCUT2D eigenvalue weighted by molar-refractivity contribution is -0.870. The van der Waals surface area contributed by atoms with Crippen molar-refractivity contribution in [3.05, 3.63) is 24.3 Å². The van der Waals surface area contributed by atoms with Crippen molar-refractivity contribution in [1.29, 1.82) is 0 Å². The molecule has 3 N–H and O–H groups in total. The van der Waals surface area contributed by atoms with Gasteiger partial charge in [0, 0.05) is 6.42 Å². The summed E-state index contributed by atoms with van der Waals surface area (Å²) in [6.07, 6.45) is 48.0. The number of unbranched alkanes of at least 4 members (excludes halogenated alkanes) is 27. The van der Waals surface area contributed by atoms with Gasteiger partial charge in [-0.1, -0.05) is 199 Å². The first-order valence-electron chi connectivity index (χ1n) is 24.2. The number of phosphoric acid groups is 1. The predicted molar refractivity (Wildman–Crippen MR) is 245 cm³/mol. The van der Waals surface area contributed by atoms with E-state index in [2.05, 4.69) is 43.5 Å². The molecule has 0 spiro atoms. The van der Waals surface area contributed by atoms with Crippen LogP contribution in [0.25, 0.3) is 0 Å². The number of quaternary nitrogens is 1. The Hall–Kier alpha value is -1.02. The highest BCUT2D eigenvalue weighted by Gasteiger charge is 2.28. The maximum Gasteiger partial charge on any atom is 0.472 e. The topological polar surface area (TPSA) is 105 Å². The van der Waals surface area contributed by atoms with Gasteiger partial charge in [-0.3, -0.25) is 13.8 Å². The Morgan fingerprint density at radius 2 is 1.00 bits per heavy atom. The number of hydrogen-bond acceptors (Lipinski definition) is 5. The molecule has 0 rings (SSSR count). The molecule has 0 aromatic rings. The van der Waals surface area contributed by atoms with Gasteiger partial charge in [-0.2, -0.15) is 0 Å². The van der Waals surface area contributed by atoms with Gasteiger partial charge in [0.15, 0.2) is 0 Å². The van der Waals surface area contributed by atoms with Gasteiger partial charge in [0.2, 0.25) is 5.91 Å². The van der Waals surface area contributed by atoms with E-state index in [4.69, 9.17) is 9.05 Å². The number of rotatable bonds is 44. The second-order valence-electron chi connectivity index (χ2n) is 17.8. The molecular formula is C48H96N2O6P+. The summed E-state index contributed by atoms with van der Waals surface area (Å²) in [6, 6.07) is -0.755. The molecule has 0 bridgehead atoms. The highest BCUT2D eigenvalue weighted by Crippen LogP contribution is 2.43. The number of aliphatic hydroxyl groups is 1. The monoisotopic (exact) mass is 828 g/mol. The molecule has 1 amide bonds. The molecule has 0 saturated carbocycles. The van der Waals surface area contributed by atoms with E-state index in [1.807, 2.05) is 21.1 Å². The zero-order chi connectivity index (χ0) is 42.1. The van der Waals surface area contributed by atoms with Crippen LogP contribution in [-0.4, -0.2) is 73.4 Å². The summed E-state index contributed by atoms with van der Waals surface area (Å²) in [6.45, 7) is 4.85. The zero-order valence-corrected chi connectivity index (χ0v) is 39.2. The van der Waals surface area contributed by atoms with E-state index in [9.17, 15) is 19.4 Å². The fourth-order valence-corrected chi connectivity index (χ4v) is 7.81. The van der Waals surface area contributed by atoms with Crippen LogP contribution in [0.4, 0.5) is 0 Å². The summed E-state index contributed by atoms with van der Waals surface area (Å²) in [4.78, 5) is 23.1. The van der Waals surface area contributed by atoms with Crippen molar-refractivity contribution in [3.63, 3.8) is 0 Å². The zero-order valence-electron chi connectivity index (χ0n) is 38.3. The number of nitrogens with zero attached hydrogens (tertiary/aromatic N) is 1. The standard InChI is InChI=1S/C48H95N2O6P/c1-6-8-10-12-14-16-17-18-19-20-21-22-23-24-25-26-27-28-29-30-31-32-33-34-36-38-40-42-48(52)49-46(45-56-57(53,54)55-44-43-50(3,4)5)47(51)41-39-37-35-15-13-11-9-7-2/h17-18,20-21,46-47,51H,6-16,19,22-45H2,1-5H3,(H-,49,52,53,54)/p+1/b18-17-,21-20-. The Balaban J connectivity index is 4.02. The minimum atomic E-state index is -4.30. The van der Waals surface area contributed by atoms with Crippen LogP contribution in [0.2, 0.25) is 0 Å². The molecule has 57 heavy (non-hydrogen) atoms. The number of nitrogens with one attached hydrogen (secondary N) is 1. The fraction of sp³-hybridized carbons (Fsp3) is 0.896. The third-order valence-electron chi connectivity index (χ3n) is 11.0. The van der Waals surface area contributed by atoms with Crippen molar-refractivity contribution in [1.82, 2.24) is 5.32 Å². The molecule has 0 aliphatic rings. The van der Waals surface area contributed by atoms with Gasteiger partial charge >= 0.3 is 7.82 Å². The van der Waals surface area contributed by atoms with Crippen LogP contribution in [0.5, 0.6) is 0 Å². The smallest absolute Gasteiger partial charge is 0.391 e. The molecule has 0 aromatic heterocycles. The minimum Gasteiger partial charge on any atom is -0.391 e. The molecule has 0 aliphatic heterocycles. The van der Waals surface area contributed by atoms with E-state index in [0.29, 0.717) is 23.9 Å². The molecule has 3 unspecified atom stereocenters. The Morgan fingerprint density at radius 3 is 1.44 bits per heavy atom. The molecule has 8 nitrogen and oxygen atoms in total. The number of hydrogen-bond donors (Lipinski definition) is 3. The fourth-order valence-electron chi connectivity index (χ4n) is 7.08. The third kappa shape index (κ3) is 42.9. The minimum absolute atomic E-state index is 0.0755. The number of amides is 1. The van der Waals surface area contributed by atoms with E-state index in [-0.39, 0.29) is 19.1 Å². The van der Waals surface area contributed by atoms with E-state index in [1.165, 1.54) is 154 Å². The molecule has 0 radical (unpaired) electrons. The maximum atomic E-state index is 12.9. The average Bonchev–Trinajstić information content (AvgIpc) is 3.16. The van der Waals surface area contributed by atoms with Crippen LogP contribution >= 0.6 is 7.82 Å². The van der Waals surface area contributed by atoms with Crippen LogP contribution < -0.4 is 5.32 Å². The van der Waals surface area contributed by atoms with Crippen molar-refractivity contribution in [2.75, 3.05) is 40.9 Å². The van der Waals surface area contributed by atoms with Crippen molar-refractivity contribution < 1.29 is 32.9 Å². The predicted octanol–water partition coefficient (Wildman–Crippen LogP) is 13.7. The maximum absolute atomic E-state index is 12.9. The Morgan fingerprint density at radius 1 is 0.596 bits per heavy atom. The van der Waals surface area contributed by atoms with Crippen molar-refractivity contribution in [2.24, 2.45) is 0 Å². The van der Waals surface area contributed by atoms with Crippen LogP contribution in [0.1, 0.15) is 226 Å². The molecule has 0 fully saturated rings. The number of likely N-dealkylation sites (N-methyl/N-ethyl adjacent to an activating group) is 1. The molecule has 0 aromatic carbocycles. The third-order valence-corrected chi connectivity index (χ3v) is 11.9. The normalized spacial score (nSPS) is 14.4. The number of carbonyl (C=O) groups is 1. The van der Waals surface area contributed by atoms with Gasteiger partial charge in [0.05, 0.1) is 39.9 Å². The Kier molecular flexibility index (Phi) is 39.7. The van der Waals surface area contributed by atoms with Crippen LogP contribution in [-0.2, 0) is 18.4 Å². The average molecular weight is 828 g/mol. The highest BCUT2D eigenvalue weighted by atomic mass is 31.2. The first kappa shape index (κ1) is 56.0. The van der Waals surface area contributed by atoms with Gasteiger partial charge in [-0.15, -0.1) is 0 Å².